The molecule has 1 rings (SSSR count). The fraction of sp³-hybridized carbons (Fsp3) is 0.462. The zero-order valence-electron chi connectivity index (χ0n) is 10.5. The van der Waals surface area contributed by atoms with Crippen LogP contribution in [-0.4, -0.2) is 17.1 Å². The Balaban J connectivity index is 2.79. The molecular formula is C13H20N2O2. The SMILES string of the molecule is CCC(C)C(C)NC(=O)c1cc(O)ccc1N. The van der Waals surface area contributed by atoms with Crippen LogP contribution < -0.4 is 11.1 Å². The number of hydrogen-bond donors (Lipinski definition) is 3. The molecule has 0 aliphatic carbocycles. The van der Waals surface area contributed by atoms with Gasteiger partial charge in [-0.1, -0.05) is 20.3 Å². The van der Waals surface area contributed by atoms with E-state index in [9.17, 15) is 9.90 Å². The monoisotopic (exact) mass is 236 g/mol. The van der Waals surface area contributed by atoms with E-state index in [1.54, 1.807) is 0 Å². The van der Waals surface area contributed by atoms with Gasteiger partial charge in [-0.15, -0.1) is 0 Å². The average molecular weight is 236 g/mol. The molecular weight excluding hydrogens is 216 g/mol. The number of benzene rings is 1. The molecule has 1 amide bonds. The largest absolute Gasteiger partial charge is 0.508 e. The van der Waals surface area contributed by atoms with Gasteiger partial charge in [-0.25, -0.2) is 0 Å². The van der Waals surface area contributed by atoms with E-state index in [1.165, 1.54) is 18.2 Å². The molecule has 4 N–H and O–H groups in total. The van der Waals surface area contributed by atoms with Crippen molar-refractivity contribution in [1.82, 2.24) is 5.32 Å². The van der Waals surface area contributed by atoms with Gasteiger partial charge in [0, 0.05) is 11.7 Å². The molecule has 0 aromatic heterocycles. The minimum Gasteiger partial charge on any atom is -0.508 e. The van der Waals surface area contributed by atoms with Gasteiger partial charge in [-0.2, -0.15) is 0 Å². The first kappa shape index (κ1) is 13.4. The van der Waals surface area contributed by atoms with Crippen LogP contribution in [0.1, 0.15) is 37.6 Å². The van der Waals surface area contributed by atoms with Crippen LogP contribution >= 0.6 is 0 Å². The molecule has 0 saturated carbocycles. The topological polar surface area (TPSA) is 75.3 Å². The highest BCUT2D eigenvalue weighted by atomic mass is 16.3. The molecule has 2 atom stereocenters. The highest BCUT2D eigenvalue weighted by Gasteiger charge is 2.16. The minimum absolute atomic E-state index is 0.0422. The van der Waals surface area contributed by atoms with Crippen LogP contribution in [0.4, 0.5) is 5.69 Å². The third kappa shape index (κ3) is 3.37. The molecule has 4 nitrogen and oxygen atoms in total. The third-order valence-corrected chi connectivity index (χ3v) is 3.14. The van der Waals surface area contributed by atoms with Gasteiger partial charge in [0.2, 0.25) is 0 Å². The smallest absolute Gasteiger partial charge is 0.253 e. The summed E-state index contributed by atoms with van der Waals surface area (Å²) >= 11 is 0. The van der Waals surface area contributed by atoms with Gasteiger partial charge in [0.1, 0.15) is 5.75 Å². The summed E-state index contributed by atoms with van der Waals surface area (Å²) in [5.74, 6) is 0.198. The predicted octanol–water partition coefficient (Wildman–Crippen LogP) is 2.14. The molecule has 17 heavy (non-hydrogen) atoms. The average Bonchev–Trinajstić information content (AvgIpc) is 2.30. The number of phenols is 1. The highest BCUT2D eigenvalue weighted by molar-refractivity contribution is 5.99. The lowest BCUT2D eigenvalue weighted by Gasteiger charge is -2.20. The Bertz CT molecular complexity index is 404. The Morgan fingerprint density at radius 3 is 2.71 bits per heavy atom. The lowest BCUT2D eigenvalue weighted by atomic mass is 10.0. The van der Waals surface area contributed by atoms with Crippen LogP contribution in [0.15, 0.2) is 18.2 Å². The van der Waals surface area contributed by atoms with E-state index in [4.69, 9.17) is 5.73 Å². The van der Waals surface area contributed by atoms with E-state index in [0.717, 1.165) is 6.42 Å². The molecule has 1 aromatic carbocycles. The van der Waals surface area contributed by atoms with E-state index in [2.05, 4.69) is 19.2 Å². The van der Waals surface area contributed by atoms with Crippen molar-refractivity contribution in [2.75, 3.05) is 5.73 Å². The Morgan fingerprint density at radius 1 is 1.47 bits per heavy atom. The maximum Gasteiger partial charge on any atom is 0.253 e. The number of hydrogen-bond acceptors (Lipinski definition) is 3. The van der Waals surface area contributed by atoms with Crippen molar-refractivity contribution < 1.29 is 9.90 Å². The Kier molecular flexibility index (Phi) is 4.37. The van der Waals surface area contributed by atoms with Crippen LogP contribution in [0.2, 0.25) is 0 Å². The minimum atomic E-state index is -0.244. The molecule has 2 unspecified atom stereocenters. The van der Waals surface area contributed by atoms with E-state index in [0.29, 0.717) is 17.2 Å². The molecule has 0 spiro atoms. The van der Waals surface area contributed by atoms with Gasteiger partial charge in [0.25, 0.3) is 5.91 Å². The van der Waals surface area contributed by atoms with E-state index < -0.39 is 0 Å². The highest BCUT2D eigenvalue weighted by Crippen LogP contribution is 2.19. The van der Waals surface area contributed by atoms with Crippen molar-refractivity contribution in [3.05, 3.63) is 23.8 Å². The molecule has 1 aromatic rings. The number of phenolic OH excluding ortho intramolecular Hbond substituents is 1. The Morgan fingerprint density at radius 2 is 2.12 bits per heavy atom. The van der Waals surface area contributed by atoms with Gasteiger partial charge < -0.3 is 16.2 Å². The number of nitrogens with two attached hydrogens (primary N) is 1. The Labute approximate surface area is 102 Å². The molecule has 0 aliphatic heterocycles. The van der Waals surface area contributed by atoms with Crippen LogP contribution in [-0.2, 0) is 0 Å². The van der Waals surface area contributed by atoms with E-state index in [-0.39, 0.29) is 17.7 Å². The lowest BCUT2D eigenvalue weighted by Crippen LogP contribution is -2.37. The quantitative estimate of drug-likeness (QED) is 0.554. The molecule has 0 aliphatic rings. The first-order chi connectivity index (χ1) is 7.95. The Hall–Kier alpha value is -1.71. The predicted molar refractivity (Wildman–Crippen MR) is 68.9 cm³/mol. The summed E-state index contributed by atoms with van der Waals surface area (Å²) in [6, 6.07) is 4.45. The summed E-state index contributed by atoms with van der Waals surface area (Å²) in [5, 5.41) is 12.2. The van der Waals surface area contributed by atoms with Crippen LogP contribution in [0.25, 0.3) is 0 Å². The van der Waals surface area contributed by atoms with Crippen molar-refractivity contribution in [3.63, 3.8) is 0 Å². The van der Waals surface area contributed by atoms with Gasteiger partial charge >= 0.3 is 0 Å². The van der Waals surface area contributed by atoms with Crippen molar-refractivity contribution in [1.29, 1.82) is 0 Å². The van der Waals surface area contributed by atoms with Crippen LogP contribution in [0, 0.1) is 5.92 Å². The van der Waals surface area contributed by atoms with Crippen molar-refractivity contribution in [2.24, 2.45) is 5.92 Å². The molecule has 0 fully saturated rings. The van der Waals surface area contributed by atoms with Crippen LogP contribution in [0.5, 0.6) is 5.75 Å². The molecule has 0 bridgehead atoms. The van der Waals surface area contributed by atoms with Crippen molar-refractivity contribution in [3.8, 4) is 5.75 Å². The van der Waals surface area contributed by atoms with Gasteiger partial charge in [0.05, 0.1) is 5.56 Å². The third-order valence-electron chi connectivity index (χ3n) is 3.14. The summed E-state index contributed by atoms with van der Waals surface area (Å²) in [7, 11) is 0. The second-order valence-corrected chi connectivity index (χ2v) is 4.42. The summed E-state index contributed by atoms with van der Waals surface area (Å²) in [6.45, 7) is 6.12. The number of anilines is 1. The van der Waals surface area contributed by atoms with Crippen molar-refractivity contribution >= 4 is 11.6 Å². The fourth-order valence-corrected chi connectivity index (χ4v) is 1.52. The number of aromatic hydroxyl groups is 1. The summed E-state index contributed by atoms with van der Waals surface area (Å²) in [5.41, 5.74) is 6.39. The number of carbonyl (C=O) groups is 1. The first-order valence-electron chi connectivity index (χ1n) is 5.85. The van der Waals surface area contributed by atoms with Gasteiger partial charge in [-0.05, 0) is 31.0 Å². The molecule has 0 radical (unpaired) electrons. The number of nitrogens with one attached hydrogen (secondary N) is 1. The number of carbonyl (C=O) groups excluding carboxylic acids is 1. The number of nitrogen functional groups attached to an aromatic ring is 1. The standard InChI is InChI=1S/C13H20N2O2/c1-4-8(2)9(3)15-13(17)11-7-10(16)5-6-12(11)14/h5-9,16H,4,14H2,1-3H3,(H,15,17). The lowest BCUT2D eigenvalue weighted by molar-refractivity contribution is 0.0928. The second-order valence-electron chi connectivity index (χ2n) is 4.42. The van der Waals surface area contributed by atoms with Gasteiger partial charge in [0.15, 0.2) is 0 Å². The first-order valence-corrected chi connectivity index (χ1v) is 5.85. The maximum absolute atomic E-state index is 11.9. The zero-order valence-corrected chi connectivity index (χ0v) is 10.5. The second kappa shape index (κ2) is 5.57. The van der Waals surface area contributed by atoms with E-state index >= 15 is 0 Å². The van der Waals surface area contributed by atoms with Gasteiger partial charge in [-0.3, -0.25) is 4.79 Å². The summed E-state index contributed by atoms with van der Waals surface area (Å²) < 4.78 is 0. The molecule has 0 heterocycles. The number of rotatable bonds is 4. The molecule has 94 valence electrons. The molecule has 0 saturated heterocycles. The fourth-order valence-electron chi connectivity index (χ4n) is 1.52. The summed E-state index contributed by atoms with van der Waals surface area (Å²) in [6.07, 6.45) is 0.997. The summed E-state index contributed by atoms with van der Waals surface area (Å²) in [4.78, 5) is 11.9. The van der Waals surface area contributed by atoms with Crippen molar-refractivity contribution in [2.45, 2.75) is 33.2 Å². The zero-order chi connectivity index (χ0) is 13.0. The molecule has 4 heteroatoms. The van der Waals surface area contributed by atoms with E-state index in [1.807, 2.05) is 6.92 Å². The maximum atomic E-state index is 11.9. The van der Waals surface area contributed by atoms with Crippen LogP contribution in [0.3, 0.4) is 0 Å². The number of amides is 1. The normalized spacial score (nSPS) is 14.1.